The van der Waals surface area contributed by atoms with Gasteiger partial charge in [0.15, 0.2) is 0 Å². The molecule has 0 aliphatic heterocycles. The maximum atomic E-state index is 10.2. The topological polar surface area (TPSA) is 46.0 Å². The quantitative estimate of drug-likeness (QED) is 0.833. The van der Waals surface area contributed by atoms with E-state index >= 15 is 0 Å². The van der Waals surface area contributed by atoms with Crippen LogP contribution in [0.5, 0.6) is 0 Å². The first-order chi connectivity index (χ1) is 7.58. The van der Waals surface area contributed by atoms with Crippen molar-refractivity contribution in [2.24, 2.45) is 11.3 Å². The van der Waals surface area contributed by atoms with E-state index in [1.54, 1.807) is 12.4 Å². The van der Waals surface area contributed by atoms with Crippen LogP contribution in [-0.2, 0) is 0 Å². The Morgan fingerprint density at radius 1 is 1.25 bits per heavy atom. The number of aliphatic hydroxyl groups is 1. The van der Waals surface area contributed by atoms with Crippen LogP contribution < -0.4 is 0 Å². The van der Waals surface area contributed by atoms with E-state index < -0.39 is 6.10 Å². The van der Waals surface area contributed by atoms with Crippen LogP contribution in [0.15, 0.2) is 18.7 Å². The van der Waals surface area contributed by atoms with Crippen molar-refractivity contribution < 1.29 is 5.11 Å². The molecule has 1 aromatic heterocycles. The van der Waals surface area contributed by atoms with Crippen LogP contribution in [0.2, 0.25) is 0 Å². The van der Waals surface area contributed by atoms with Crippen molar-refractivity contribution in [1.82, 2.24) is 9.97 Å². The second-order valence-electron chi connectivity index (χ2n) is 5.62. The third-order valence-corrected chi connectivity index (χ3v) is 3.75. The molecule has 1 heterocycles. The summed E-state index contributed by atoms with van der Waals surface area (Å²) in [5, 5.41) is 10.2. The molecule has 16 heavy (non-hydrogen) atoms. The first-order valence-electron chi connectivity index (χ1n) is 6.01. The van der Waals surface area contributed by atoms with Crippen LogP contribution in [0.1, 0.15) is 51.2 Å². The van der Waals surface area contributed by atoms with E-state index in [0.717, 1.165) is 18.4 Å². The highest BCUT2D eigenvalue weighted by Crippen LogP contribution is 2.42. The molecule has 88 valence electrons. The van der Waals surface area contributed by atoms with Gasteiger partial charge in [0.05, 0.1) is 6.10 Å². The van der Waals surface area contributed by atoms with Gasteiger partial charge in [-0.2, -0.15) is 0 Å². The predicted molar refractivity (Wildman–Crippen MR) is 62.7 cm³/mol. The third kappa shape index (κ3) is 2.59. The van der Waals surface area contributed by atoms with Gasteiger partial charge in [-0.3, -0.25) is 0 Å². The number of aromatic nitrogens is 2. The van der Waals surface area contributed by atoms with Crippen molar-refractivity contribution in [3.05, 3.63) is 24.3 Å². The van der Waals surface area contributed by atoms with Gasteiger partial charge in [-0.15, -0.1) is 0 Å². The van der Waals surface area contributed by atoms with Crippen molar-refractivity contribution in [2.75, 3.05) is 0 Å². The normalized spacial score (nSPS) is 22.9. The van der Waals surface area contributed by atoms with Gasteiger partial charge in [0.1, 0.15) is 6.33 Å². The van der Waals surface area contributed by atoms with Crippen LogP contribution >= 0.6 is 0 Å². The molecule has 1 aliphatic carbocycles. The molecule has 0 spiro atoms. The highest BCUT2D eigenvalue weighted by Gasteiger charge is 2.31. The molecular formula is C13H20N2O. The van der Waals surface area contributed by atoms with Crippen LogP contribution in [-0.4, -0.2) is 15.1 Å². The molecule has 2 rings (SSSR count). The van der Waals surface area contributed by atoms with E-state index in [1.165, 1.54) is 19.2 Å². The highest BCUT2D eigenvalue weighted by atomic mass is 16.3. The fourth-order valence-electron chi connectivity index (χ4n) is 2.47. The Bertz CT molecular complexity index is 327. The van der Waals surface area contributed by atoms with Crippen LogP contribution in [0.25, 0.3) is 0 Å². The van der Waals surface area contributed by atoms with Crippen molar-refractivity contribution in [3.63, 3.8) is 0 Å². The minimum atomic E-state index is -0.391. The van der Waals surface area contributed by atoms with E-state index in [-0.39, 0.29) is 0 Å². The Hall–Kier alpha value is -0.960. The Balaban J connectivity index is 2.00. The highest BCUT2D eigenvalue weighted by molar-refractivity contribution is 5.08. The molecule has 3 nitrogen and oxygen atoms in total. The molecule has 1 aromatic rings. The van der Waals surface area contributed by atoms with Crippen molar-refractivity contribution in [2.45, 2.75) is 45.6 Å². The third-order valence-electron chi connectivity index (χ3n) is 3.75. The first-order valence-corrected chi connectivity index (χ1v) is 6.01. The zero-order valence-electron chi connectivity index (χ0n) is 10.1. The number of hydrogen-bond acceptors (Lipinski definition) is 3. The van der Waals surface area contributed by atoms with Crippen molar-refractivity contribution >= 4 is 0 Å². The zero-order valence-corrected chi connectivity index (χ0v) is 10.1. The molecule has 0 radical (unpaired) electrons. The van der Waals surface area contributed by atoms with Crippen molar-refractivity contribution in [1.29, 1.82) is 0 Å². The lowest BCUT2D eigenvalue weighted by Gasteiger charge is -2.36. The average Bonchev–Trinajstić information content (AvgIpc) is 2.29. The zero-order chi connectivity index (χ0) is 11.6. The van der Waals surface area contributed by atoms with E-state index in [0.29, 0.717) is 11.3 Å². The van der Waals surface area contributed by atoms with E-state index in [1.807, 2.05) is 0 Å². The Kier molecular flexibility index (Phi) is 3.24. The molecule has 3 heteroatoms. The van der Waals surface area contributed by atoms with Crippen molar-refractivity contribution in [3.8, 4) is 0 Å². The monoisotopic (exact) mass is 220 g/mol. The molecule has 1 unspecified atom stereocenters. The average molecular weight is 220 g/mol. The fourth-order valence-corrected chi connectivity index (χ4v) is 2.47. The molecule has 1 atom stereocenters. The van der Waals surface area contributed by atoms with Crippen LogP contribution in [0, 0.1) is 11.3 Å². The first kappa shape index (κ1) is 11.5. The maximum Gasteiger partial charge on any atom is 0.115 e. The van der Waals surface area contributed by atoms with Gasteiger partial charge in [0.2, 0.25) is 0 Å². The van der Waals surface area contributed by atoms with E-state index in [9.17, 15) is 5.11 Å². The summed E-state index contributed by atoms with van der Waals surface area (Å²) >= 11 is 0. The second-order valence-corrected chi connectivity index (χ2v) is 5.62. The molecule has 1 N–H and O–H groups in total. The summed E-state index contributed by atoms with van der Waals surface area (Å²) in [5.74, 6) is 0.374. The lowest BCUT2D eigenvalue weighted by Crippen LogP contribution is -2.25. The predicted octanol–water partition coefficient (Wildman–Crippen LogP) is 2.73. The maximum absolute atomic E-state index is 10.2. The van der Waals surface area contributed by atoms with Gasteiger partial charge in [0.25, 0.3) is 0 Å². The standard InChI is InChI=1S/C13H20N2O/c1-13(2)5-3-10(4-6-13)12(16)11-7-14-9-15-8-11/h7-10,12,16H,3-6H2,1-2H3. The number of hydrogen-bond donors (Lipinski definition) is 1. The summed E-state index contributed by atoms with van der Waals surface area (Å²) in [4.78, 5) is 7.92. The fraction of sp³-hybridized carbons (Fsp3) is 0.692. The summed E-state index contributed by atoms with van der Waals surface area (Å²) in [6.07, 6.45) is 9.14. The summed E-state index contributed by atoms with van der Waals surface area (Å²) < 4.78 is 0. The Morgan fingerprint density at radius 2 is 1.81 bits per heavy atom. The number of rotatable bonds is 2. The minimum absolute atomic E-state index is 0.374. The van der Waals surface area contributed by atoms with E-state index in [4.69, 9.17) is 0 Å². The lowest BCUT2D eigenvalue weighted by molar-refractivity contribution is 0.0562. The van der Waals surface area contributed by atoms with Crippen LogP contribution in [0.3, 0.4) is 0 Å². The summed E-state index contributed by atoms with van der Waals surface area (Å²) in [7, 11) is 0. The smallest absolute Gasteiger partial charge is 0.115 e. The summed E-state index contributed by atoms with van der Waals surface area (Å²) in [6.45, 7) is 4.61. The molecule has 0 aromatic carbocycles. The van der Waals surface area contributed by atoms with Gasteiger partial charge in [-0.25, -0.2) is 9.97 Å². The minimum Gasteiger partial charge on any atom is -0.388 e. The van der Waals surface area contributed by atoms with E-state index in [2.05, 4.69) is 23.8 Å². The molecule has 0 amide bonds. The van der Waals surface area contributed by atoms with Gasteiger partial charge in [0, 0.05) is 18.0 Å². The Morgan fingerprint density at radius 3 is 2.38 bits per heavy atom. The molecule has 0 bridgehead atoms. The lowest BCUT2D eigenvalue weighted by atomic mass is 9.71. The number of nitrogens with zero attached hydrogens (tertiary/aromatic N) is 2. The largest absolute Gasteiger partial charge is 0.388 e. The van der Waals surface area contributed by atoms with Gasteiger partial charge in [-0.05, 0) is 37.0 Å². The van der Waals surface area contributed by atoms with Gasteiger partial charge in [-0.1, -0.05) is 13.8 Å². The van der Waals surface area contributed by atoms with Gasteiger partial charge < -0.3 is 5.11 Å². The molecule has 1 saturated carbocycles. The summed E-state index contributed by atoms with van der Waals surface area (Å²) in [6, 6.07) is 0. The van der Waals surface area contributed by atoms with Crippen LogP contribution in [0.4, 0.5) is 0 Å². The second kappa shape index (κ2) is 4.50. The Labute approximate surface area is 96.9 Å². The molecule has 1 aliphatic rings. The number of aliphatic hydroxyl groups excluding tert-OH is 1. The molecular weight excluding hydrogens is 200 g/mol. The SMILES string of the molecule is CC1(C)CCC(C(O)c2cncnc2)CC1. The molecule has 0 saturated heterocycles. The van der Waals surface area contributed by atoms with Gasteiger partial charge >= 0.3 is 0 Å². The molecule has 1 fully saturated rings. The summed E-state index contributed by atoms with van der Waals surface area (Å²) in [5.41, 5.74) is 1.30.